The molecule has 0 bridgehead atoms. The van der Waals surface area contributed by atoms with Crippen molar-refractivity contribution in [2.45, 2.75) is 23.4 Å². The number of carbonyl (C=O) groups is 1. The summed E-state index contributed by atoms with van der Waals surface area (Å²) < 4.78 is 26.9. The molecule has 22 heavy (non-hydrogen) atoms. The molecular formula is C15H21N3O3S. The van der Waals surface area contributed by atoms with Crippen LogP contribution in [-0.4, -0.2) is 62.8 Å². The number of carbonyl (C=O) groups excluding carboxylic acids is 1. The number of nitrogens with one attached hydrogen (secondary N) is 1. The quantitative estimate of drug-likeness (QED) is 0.858. The monoisotopic (exact) mass is 323 g/mol. The molecule has 1 N–H and O–H groups in total. The Hall–Kier alpha value is -1.44. The fourth-order valence-corrected chi connectivity index (χ4v) is 5.12. The van der Waals surface area contributed by atoms with Crippen LogP contribution in [0.4, 0.5) is 0 Å². The van der Waals surface area contributed by atoms with Crippen molar-refractivity contribution in [2.75, 3.05) is 27.2 Å². The number of hydrogen-bond acceptors (Lipinski definition) is 4. The Morgan fingerprint density at radius 2 is 1.91 bits per heavy atom. The van der Waals surface area contributed by atoms with Gasteiger partial charge in [0, 0.05) is 26.2 Å². The fourth-order valence-electron chi connectivity index (χ4n) is 3.59. The van der Waals surface area contributed by atoms with Crippen molar-refractivity contribution in [3.05, 3.63) is 30.3 Å². The normalized spacial score (nSPS) is 29.5. The first kappa shape index (κ1) is 15.5. The molecular weight excluding hydrogens is 302 g/mol. The molecule has 3 rings (SSSR count). The Morgan fingerprint density at radius 1 is 1.23 bits per heavy atom. The number of benzene rings is 1. The Bertz CT molecular complexity index is 662. The average Bonchev–Trinajstić information content (AvgIpc) is 3.08. The van der Waals surface area contributed by atoms with Gasteiger partial charge in [0.25, 0.3) is 0 Å². The van der Waals surface area contributed by atoms with Crippen LogP contribution in [-0.2, 0) is 14.8 Å². The van der Waals surface area contributed by atoms with Gasteiger partial charge in [-0.1, -0.05) is 18.2 Å². The van der Waals surface area contributed by atoms with Crippen LogP contribution < -0.4 is 5.32 Å². The molecule has 7 heteroatoms. The van der Waals surface area contributed by atoms with Gasteiger partial charge in [0.05, 0.1) is 10.9 Å². The highest BCUT2D eigenvalue weighted by Crippen LogP contribution is 2.36. The van der Waals surface area contributed by atoms with Crippen LogP contribution in [0.25, 0.3) is 0 Å². The van der Waals surface area contributed by atoms with Crippen molar-refractivity contribution in [1.29, 1.82) is 0 Å². The molecule has 120 valence electrons. The zero-order chi connectivity index (χ0) is 15.9. The maximum Gasteiger partial charge on any atom is 0.243 e. The number of sulfonamides is 1. The summed E-state index contributed by atoms with van der Waals surface area (Å²) in [6.45, 7) is 0.936. The van der Waals surface area contributed by atoms with Gasteiger partial charge in [0.2, 0.25) is 15.9 Å². The minimum Gasteiger partial charge on any atom is -0.358 e. The molecule has 6 nitrogen and oxygen atoms in total. The molecule has 0 unspecified atom stereocenters. The minimum absolute atomic E-state index is 0.00867. The van der Waals surface area contributed by atoms with Gasteiger partial charge in [-0.3, -0.25) is 9.69 Å². The highest BCUT2D eigenvalue weighted by molar-refractivity contribution is 7.89. The van der Waals surface area contributed by atoms with Crippen molar-refractivity contribution >= 4 is 15.9 Å². The van der Waals surface area contributed by atoms with Gasteiger partial charge in [0.15, 0.2) is 0 Å². The molecule has 3 atom stereocenters. The molecule has 1 aromatic rings. The van der Waals surface area contributed by atoms with E-state index >= 15 is 0 Å². The zero-order valence-corrected chi connectivity index (χ0v) is 13.6. The van der Waals surface area contributed by atoms with Gasteiger partial charge >= 0.3 is 0 Å². The lowest BCUT2D eigenvalue weighted by atomic mass is 10.0. The second kappa shape index (κ2) is 5.64. The second-order valence-corrected chi connectivity index (χ2v) is 7.93. The molecule has 1 aromatic carbocycles. The number of fused-ring (bicyclic) bond motifs is 1. The summed E-state index contributed by atoms with van der Waals surface area (Å²) in [6.07, 6.45) is 0.710. The summed E-state index contributed by atoms with van der Waals surface area (Å²) in [5.74, 6) is 0.222. The van der Waals surface area contributed by atoms with E-state index in [1.54, 1.807) is 41.7 Å². The highest BCUT2D eigenvalue weighted by Gasteiger charge is 2.49. The van der Waals surface area contributed by atoms with Crippen molar-refractivity contribution in [1.82, 2.24) is 14.5 Å². The van der Waals surface area contributed by atoms with Gasteiger partial charge in [-0.15, -0.1) is 0 Å². The molecule has 0 aliphatic carbocycles. The van der Waals surface area contributed by atoms with E-state index in [9.17, 15) is 13.2 Å². The van der Waals surface area contributed by atoms with Crippen molar-refractivity contribution in [3.8, 4) is 0 Å². The third kappa shape index (κ3) is 2.43. The second-order valence-electron chi connectivity index (χ2n) is 5.99. The average molecular weight is 323 g/mol. The highest BCUT2D eigenvalue weighted by atomic mass is 32.2. The van der Waals surface area contributed by atoms with E-state index in [0.717, 1.165) is 0 Å². The molecule has 2 aliphatic heterocycles. The van der Waals surface area contributed by atoms with Crippen LogP contribution in [0.3, 0.4) is 0 Å². The standard InChI is InChI=1S/C15H21N3O3S/c1-16-15(19)13-8-11-9-18(10-14(11)17(13)2)22(20,21)12-6-4-3-5-7-12/h3-7,11,13-14H,8-10H2,1-2H3,(H,16,19)/t11-,13-,14+/m0/s1. The lowest BCUT2D eigenvalue weighted by Crippen LogP contribution is -2.45. The van der Waals surface area contributed by atoms with Gasteiger partial charge in [-0.25, -0.2) is 8.42 Å². The Morgan fingerprint density at radius 3 is 2.50 bits per heavy atom. The summed E-state index contributed by atoms with van der Waals surface area (Å²) in [6, 6.07) is 8.48. The van der Waals surface area contributed by atoms with Crippen molar-refractivity contribution in [2.24, 2.45) is 5.92 Å². The first-order valence-electron chi connectivity index (χ1n) is 7.44. The first-order chi connectivity index (χ1) is 10.4. The van der Waals surface area contributed by atoms with Gasteiger partial charge in [-0.2, -0.15) is 4.31 Å². The fraction of sp³-hybridized carbons (Fsp3) is 0.533. The topological polar surface area (TPSA) is 69.7 Å². The molecule has 0 radical (unpaired) electrons. The number of amides is 1. The summed E-state index contributed by atoms with van der Waals surface area (Å²) >= 11 is 0. The molecule has 0 aromatic heterocycles. The molecule has 0 saturated carbocycles. The van der Waals surface area contributed by atoms with E-state index in [2.05, 4.69) is 5.32 Å². The van der Waals surface area contributed by atoms with E-state index in [4.69, 9.17) is 0 Å². The van der Waals surface area contributed by atoms with Crippen LogP contribution in [0.1, 0.15) is 6.42 Å². The van der Waals surface area contributed by atoms with E-state index in [0.29, 0.717) is 24.4 Å². The number of likely N-dealkylation sites (N-methyl/N-ethyl adjacent to an activating group) is 2. The molecule has 2 fully saturated rings. The third-order valence-corrected chi connectivity index (χ3v) is 6.69. The number of likely N-dealkylation sites (tertiary alicyclic amines) is 1. The van der Waals surface area contributed by atoms with Crippen LogP contribution >= 0.6 is 0 Å². The van der Waals surface area contributed by atoms with E-state index < -0.39 is 10.0 Å². The van der Waals surface area contributed by atoms with E-state index in [-0.39, 0.29) is 23.9 Å². The largest absolute Gasteiger partial charge is 0.358 e. The Kier molecular flexibility index (Phi) is 3.96. The van der Waals surface area contributed by atoms with Gasteiger partial charge < -0.3 is 5.32 Å². The van der Waals surface area contributed by atoms with Crippen LogP contribution in [0.5, 0.6) is 0 Å². The number of hydrogen-bond donors (Lipinski definition) is 1. The predicted molar refractivity (Wildman–Crippen MR) is 82.7 cm³/mol. The molecule has 2 saturated heterocycles. The van der Waals surface area contributed by atoms with E-state index in [1.165, 1.54) is 0 Å². The predicted octanol–water partition coefficient (Wildman–Crippen LogP) is 0.126. The van der Waals surface area contributed by atoms with Crippen molar-refractivity contribution < 1.29 is 13.2 Å². The van der Waals surface area contributed by atoms with Gasteiger partial charge in [-0.05, 0) is 31.5 Å². The lowest BCUT2D eigenvalue weighted by molar-refractivity contribution is -0.125. The third-order valence-electron chi connectivity index (χ3n) is 4.84. The summed E-state index contributed by atoms with van der Waals surface area (Å²) in [4.78, 5) is 14.2. The summed E-state index contributed by atoms with van der Waals surface area (Å²) in [7, 11) is 0.1000. The zero-order valence-electron chi connectivity index (χ0n) is 12.8. The maximum absolute atomic E-state index is 12.7. The maximum atomic E-state index is 12.7. The summed E-state index contributed by atoms with van der Waals surface area (Å²) in [5.41, 5.74) is 0. The van der Waals surface area contributed by atoms with Crippen LogP contribution in [0.2, 0.25) is 0 Å². The Labute approximate surface area is 131 Å². The smallest absolute Gasteiger partial charge is 0.243 e. The lowest BCUT2D eigenvalue weighted by Gasteiger charge is -2.25. The first-order valence-corrected chi connectivity index (χ1v) is 8.88. The minimum atomic E-state index is -3.44. The molecule has 2 aliphatic rings. The van der Waals surface area contributed by atoms with E-state index in [1.807, 2.05) is 11.9 Å². The number of rotatable bonds is 3. The van der Waals surface area contributed by atoms with Crippen LogP contribution in [0, 0.1) is 5.92 Å². The molecule has 2 heterocycles. The molecule has 1 amide bonds. The molecule has 0 spiro atoms. The SMILES string of the molecule is CNC(=O)[C@@H]1C[C@H]2CN(S(=O)(=O)c3ccccc3)C[C@H]2N1C. The summed E-state index contributed by atoms with van der Waals surface area (Å²) in [5, 5.41) is 2.68. The number of nitrogens with zero attached hydrogens (tertiary/aromatic N) is 2. The van der Waals surface area contributed by atoms with Crippen molar-refractivity contribution in [3.63, 3.8) is 0 Å². The van der Waals surface area contributed by atoms with Crippen LogP contribution in [0.15, 0.2) is 35.2 Å². The Balaban J connectivity index is 1.77. The van der Waals surface area contributed by atoms with Gasteiger partial charge in [0.1, 0.15) is 0 Å².